The predicted molar refractivity (Wildman–Crippen MR) is 72.9 cm³/mol. The van der Waals surface area contributed by atoms with E-state index < -0.39 is 12.7 Å². The van der Waals surface area contributed by atoms with Crippen LogP contribution in [0.2, 0.25) is 0 Å². The summed E-state index contributed by atoms with van der Waals surface area (Å²) in [5, 5.41) is 5.52. The average Bonchev–Trinajstić information content (AvgIpc) is 2.84. The highest BCUT2D eigenvalue weighted by Gasteiger charge is 2.28. The van der Waals surface area contributed by atoms with Gasteiger partial charge in [-0.1, -0.05) is 6.07 Å². The molecule has 0 aromatic carbocycles. The molecule has 0 spiro atoms. The topological polar surface area (TPSA) is 63.2 Å². The molecule has 2 unspecified atom stereocenters. The van der Waals surface area contributed by atoms with Gasteiger partial charge in [0.2, 0.25) is 0 Å². The molecule has 7 heteroatoms. The second-order valence-electron chi connectivity index (χ2n) is 5.10. The van der Waals surface area contributed by atoms with Crippen molar-refractivity contribution in [1.29, 1.82) is 0 Å². The summed E-state index contributed by atoms with van der Waals surface area (Å²) in [5.41, 5.74) is 1.81. The molecule has 21 heavy (non-hydrogen) atoms. The number of hydrogen-bond acceptors (Lipinski definition) is 3. The Morgan fingerprint density at radius 2 is 2.33 bits per heavy atom. The van der Waals surface area contributed by atoms with Gasteiger partial charge in [0.1, 0.15) is 0 Å². The fraction of sp³-hybridized carbons (Fsp3) is 0.571. The summed E-state index contributed by atoms with van der Waals surface area (Å²) in [6, 6.07) is 3.28. The third-order valence-electron chi connectivity index (χ3n) is 3.57. The zero-order valence-electron chi connectivity index (χ0n) is 11.8. The minimum atomic E-state index is -2.75. The average molecular weight is 299 g/mol. The molecule has 0 radical (unpaired) electrons. The van der Waals surface area contributed by atoms with Crippen LogP contribution in [0, 0.1) is 6.92 Å². The van der Waals surface area contributed by atoms with Crippen LogP contribution in [0.25, 0.3) is 0 Å². The Labute approximate surface area is 122 Å². The zero-order valence-corrected chi connectivity index (χ0v) is 11.8. The molecule has 0 bridgehead atoms. The maximum absolute atomic E-state index is 12.1. The predicted octanol–water partition coefficient (Wildman–Crippen LogP) is 2.35. The van der Waals surface area contributed by atoms with Crippen molar-refractivity contribution >= 4 is 6.03 Å². The van der Waals surface area contributed by atoms with Gasteiger partial charge >= 0.3 is 12.6 Å². The van der Waals surface area contributed by atoms with Crippen LogP contribution in [-0.2, 0) is 11.3 Å². The third kappa shape index (κ3) is 4.93. The monoisotopic (exact) mass is 299 g/mol. The van der Waals surface area contributed by atoms with E-state index in [1.165, 1.54) is 0 Å². The molecule has 1 fully saturated rings. The number of rotatable bonds is 5. The van der Waals surface area contributed by atoms with Gasteiger partial charge in [-0.2, -0.15) is 8.78 Å². The van der Waals surface area contributed by atoms with Crippen LogP contribution in [0.15, 0.2) is 18.3 Å². The normalized spacial score (nSPS) is 21.5. The van der Waals surface area contributed by atoms with Crippen LogP contribution in [-0.4, -0.2) is 29.8 Å². The molecule has 1 aromatic heterocycles. The van der Waals surface area contributed by atoms with Gasteiger partial charge in [-0.15, -0.1) is 0 Å². The first kappa shape index (κ1) is 15.6. The van der Waals surface area contributed by atoms with Gasteiger partial charge in [0.15, 0.2) is 0 Å². The van der Waals surface area contributed by atoms with E-state index in [2.05, 4.69) is 20.4 Å². The maximum Gasteiger partial charge on any atom is 0.345 e. The highest BCUT2D eigenvalue weighted by molar-refractivity contribution is 5.74. The molecule has 0 saturated heterocycles. The summed E-state index contributed by atoms with van der Waals surface area (Å²) >= 11 is 0. The number of amides is 2. The number of aromatic nitrogens is 1. The van der Waals surface area contributed by atoms with Crippen molar-refractivity contribution in [2.75, 3.05) is 0 Å². The largest absolute Gasteiger partial charge is 0.345 e. The fourth-order valence-electron chi connectivity index (χ4n) is 2.46. The quantitative estimate of drug-likeness (QED) is 0.877. The number of hydrogen-bond donors (Lipinski definition) is 2. The van der Waals surface area contributed by atoms with Crippen LogP contribution < -0.4 is 10.6 Å². The van der Waals surface area contributed by atoms with E-state index in [-0.39, 0.29) is 12.1 Å². The lowest BCUT2D eigenvalue weighted by Gasteiger charge is -2.14. The fourth-order valence-corrected chi connectivity index (χ4v) is 2.46. The van der Waals surface area contributed by atoms with Crippen LogP contribution in [0.4, 0.5) is 13.6 Å². The van der Waals surface area contributed by atoms with Gasteiger partial charge in [0.25, 0.3) is 0 Å². The summed E-state index contributed by atoms with van der Waals surface area (Å²) in [7, 11) is 0. The Hall–Kier alpha value is -1.76. The molecule has 0 aliphatic heterocycles. The highest BCUT2D eigenvalue weighted by atomic mass is 19.3. The first-order valence-electron chi connectivity index (χ1n) is 6.93. The van der Waals surface area contributed by atoms with E-state index in [9.17, 15) is 13.6 Å². The number of carbonyl (C=O) groups is 1. The molecule has 1 aliphatic carbocycles. The van der Waals surface area contributed by atoms with E-state index >= 15 is 0 Å². The van der Waals surface area contributed by atoms with Crippen molar-refractivity contribution in [2.45, 2.75) is 51.5 Å². The van der Waals surface area contributed by atoms with E-state index in [1.54, 1.807) is 6.20 Å². The minimum Gasteiger partial charge on any atom is -0.335 e. The molecule has 2 amide bonds. The molecule has 1 heterocycles. The van der Waals surface area contributed by atoms with Gasteiger partial charge in [0.05, 0.1) is 6.10 Å². The van der Waals surface area contributed by atoms with Crippen molar-refractivity contribution in [3.8, 4) is 0 Å². The van der Waals surface area contributed by atoms with Gasteiger partial charge in [-0.3, -0.25) is 4.98 Å². The smallest absolute Gasteiger partial charge is 0.335 e. The molecule has 1 aromatic rings. The van der Waals surface area contributed by atoms with Crippen LogP contribution in [0.1, 0.15) is 30.5 Å². The Balaban J connectivity index is 1.72. The highest BCUT2D eigenvalue weighted by Crippen LogP contribution is 2.23. The lowest BCUT2D eigenvalue weighted by atomic mass is 10.2. The maximum atomic E-state index is 12.1. The lowest BCUT2D eigenvalue weighted by Crippen LogP contribution is -2.41. The molecule has 2 N–H and O–H groups in total. The van der Waals surface area contributed by atoms with E-state index in [4.69, 9.17) is 0 Å². The molecular weight excluding hydrogens is 280 g/mol. The zero-order chi connectivity index (χ0) is 15.2. The molecule has 1 saturated carbocycles. The van der Waals surface area contributed by atoms with Crippen molar-refractivity contribution in [3.63, 3.8) is 0 Å². The van der Waals surface area contributed by atoms with Gasteiger partial charge in [-0.05, 0) is 37.8 Å². The van der Waals surface area contributed by atoms with Crippen LogP contribution >= 0.6 is 0 Å². The summed E-state index contributed by atoms with van der Waals surface area (Å²) in [4.78, 5) is 15.9. The number of halogens is 2. The van der Waals surface area contributed by atoms with Gasteiger partial charge in [0, 0.05) is 24.5 Å². The summed E-state index contributed by atoms with van der Waals surface area (Å²) in [6.07, 6.45) is 2.83. The van der Waals surface area contributed by atoms with E-state index in [1.807, 2.05) is 19.1 Å². The van der Waals surface area contributed by atoms with Crippen LogP contribution in [0.3, 0.4) is 0 Å². The number of alkyl halides is 2. The summed E-state index contributed by atoms with van der Waals surface area (Å²) in [6.45, 7) is -0.496. The lowest BCUT2D eigenvalue weighted by molar-refractivity contribution is -0.160. The molecular formula is C14H19F2N3O2. The molecule has 1 aliphatic rings. The SMILES string of the molecule is Cc1ncccc1CNC(=O)NC1CCC(OC(F)F)C1. The number of pyridine rings is 1. The number of urea groups is 1. The van der Waals surface area contributed by atoms with Crippen LogP contribution in [0.5, 0.6) is 0 Å². The Bertz CT molecular complexity index is 485. The van der Waals surface area contributed by atoms with Crippen molar-refractivity contribution in [2.24, 2.45) is 0 Å². The Morgan fingerprint density at radius 3 is 3.05 bits per heavy atom. The first-order valence-corrected chi connectivity index (χ1v) is 6.93. The number of nitrogens with zero attached hydrogens (tertiary/aromatic N) is 1. The second kappa shape index (κ2) is 7.31. The standard InChI is InChI=1S/C14H19F2N3O2/c1-9-10(3-2-6-17-9)8-18-14(20)19-11-4-5-12(7-11)21-13(15)16/h2-3,6,11-13H,4-5,7-8H2,1H3,(H2,18,19,20). The van der Waals surface area contributed by atoms with Gasteiger partial charge < -0.3 is 15.4 Å². The number of nitrogens with one attached hydrogen (secondary N) is 2. The van der Waals surface area contributed by atoms with E-state index in [0.29, 0.717) is 25.8 Å². The Kier molecular flexibility index (Phi) is 5.44. The summed E-state index contributed by atoms with van der Waals surface area (Å²) in [5.74, 6) is 0. The Morgan fingerprint density at radius 1 is 1.52 bits per heavy atom. The second-order valence-corrected chi connectivity index (χ2v) is 5.10. The van der Waals surface area contributed by atoms with Crippen molar-refractivity contribution < 1.29 is 18.3 Å². The van der Waals surface area contributed by atoms with E-state index in [0.717, 1.165) is 11.3 Å². The van der Waals surface area contributed by atoms with Crippen molar-refractivity contribution in [1.82, 2.24) is 15.6 Å². The molecule has 116 valence electrons. The number of ether oxygens (including phenoxy) is 1. The molecule has 2 atom stereocenters. The molecule has 2 rings (SSSR count). The minimum absolute atomic E-state index is 0.122. The molecule has 5 nitrogen and oxygen atoms in total. The first-order chi connectivity index (χ1) is 10.0. The van der Waals surface area contributed by atoms with Gasteiger partial charge in [-0.25, -0.2) is 4.79 Å². The summed E-state index contributed by atoms with van der Waals surface area (Å²) < 4.78 is 28.6. The third-order valence-corrected chi connectivity index (χ3v) is 3.57. The van der Waals surface area contributed by atoms with Crippen molar-refractivity contribution in [3.05, 3.63) is 29.6 Å². The number of carbonyl (C=O) groups excluding carboxylic acids is 1. The number of aryl methyl sites for hydroxylation is 1.